The molecule has 0 amide bonds. The normalized spacial score (nSPS) is 22.5. The van der Waals surface area contributed by atoms with E-state index in [9.17, 15) is 5.11 Å². The number of nitrogens with one attached hydrogen (secondary N) is 1. The summed E-state index contributed by atoms with van der Waals surface area (Å²) in [5, 5.41) is 10.5. The van der Waals surface area contributed by atoms with Crippen LogP contribution >= 0.6 is 0 Å². The molecule has 2 aromatic rings. The van der Waals surface area contributed by atoms with E-state index in [0.29, 0.717) is 6.04 Å². The van der Waals surface area contributed by atoms with Gasteiger partial charge >= 0.3 is 0 Å². The van der Waals surface area contributed by atoms with Crippen molar-refractivity contribution in [3.8, 4) is 0 Å². The highest BCUT2D eigenvalue weighted by molar-refractivity contribution is 5.20. The van der Waals surface area contributed by atoms with Crippen molar-refractivity contribution >= 4 is 0 Å². The Kier molecular flexibility index (Phi) is 4.67. The predicted molar refractivity (Wildman–Crippen MR) is 94.9 cm³/mol. The smallest absolute Gasteiger partial charge is 0.124 e. The van der Waals surface area contributed by atoms with Crippen LogP contribution in [0, 0.1) is 0 Å². The van der Waals surface area contributed by atoms with Crippen molar-refractivity contribution in [1.82, 2.24) is 14.9 Å². The van der Waals surface area contributed by atoms with E-state index < -0.39 is 0 Å². The second kappa shape index (κ2) is 7.08. The van der Waals surface area contributed by atoms with Crippen LogP contribution in [-0.4, -0.2) is 39.2 Å². The van der Waals surface area contributed by atoms with Gasteiger partial charge in [0, 0.05) is 12.2 Å². The fourth-order valence-corrected chi connectivity index (χ4v) is 4.21. The highest BCUT2D eigenvalue weighted by Crippen LogP contribution is 2.32. The summed E-state index contributed by atoms with van der Waals surface area (Å²) >= 11 is 0. The molecule has 2 aliphatic rings. The van der Waals surface area contributed by atoms with Crippen molar-refractivity contribution in [2.45, 2.75) is 57.1 Å². The van der Waals surface area contributed by atoms with E-state index in [1.165, 1.54) is 36.2 Å². The average molecular weight is 325 g/mol. The summed E-state index contributed by atoms with van der Waals surface area (Å²) in [6.07, 6.45) is 7.54. The van der Waals surface area contributed by atoms with Gasteiger partial charge in [0.2, 0.25) is 0 Å². The largest absolute Gasteiger partial charge is 0.391 e. The molecule has 128 valence electrons. The summed E-state index contributed by atoms with van der Waals surface area (Å²) in [5.41, 5.74) is 3.84. The Morgan fingerprint density at radius 2 is 2.00 bits per heavy atom. The lowest BCUT2D eigenvalue weighted by Crippen LogP contribution is -2.33. The monoisotopic (exact) mass is 325 g/mol. The summed E-state index contributed by atoms with van der Waals surface area (Å²) in [4.78, 5) is 10.9. The number of aryl methyl sites for hydroxylation is 2. The van der Waals surface area contributed by atoms with E-state index in [1.54, 1.807) is 0 Å². The van der Waals surface area contributed by atoms with Gasteiger partial charge in [0.1, 0.15) is 5.82 Å². The first-order valence-corrected chi connectivity index (χ1v) is 9.33. The van der Waals surface area contributed by atoms with Gasteiger partial charge in [-0.3, -0.25) is 4.90 Å². The van der Waals surface area contributed by atoms with Gasteiger partial charge in [0.05, 0.1) is 17.8 Å². The topological polar surface area (TPSA) is 52.1 Å². The second-order valence-corrected chi connectivity index (χ2v) is 7.25. The molecular weight excluding hydrogens is 298 g/mol. The van der Waals surface area contributed by atoms with Gasteiger partial charge in [-0.2, -0.15) is 0 Å². The quantitative estimate of drug-likeness (QED) is 0.888. The number of hydrogen-bond acceptors (Lipinski definition) is 3. The molecule has 24 heavy (non-hydrogen) atoms. The Balaban J connectivity index is 1.42. The third-order valence-corrected chi connectivity index (χ3v) is 5.41. The number of aliphatic hydroxyl groups excluding tert-OH is 1. The third kappa shape index (κ3) is 3.40. The van der Waals surface area contributed by atoms with E-state index in [0.717, 1.165) is 44.6 Å². The van der Waals surface area contributed by atoms with Gasteiger partial charge in [0.25, 0.3) is 0 Å². The number of likely N-dealkylation sites (tertiary alicyclic amines) is 1. The van der Waals surface area contributed by atoms with Gasteiger partial charge in [-0.05, 0) is 57.1 Å². The van der Waals surface area contributed by atoms with Gasteiger partial charge in [-0.25, -0.2) is 4.98 Å². The second-order valence-electron chi connectivity index (χ2n) is 7.25. The molecular formula is C20H27N3O. The molecule has 4 nitrogen and oxygen atoms in total. The van der Waals surface area contributed by atoms with Gasteiger partial charge < -0.3 is 10.1 Å². The molecule has 0 radical (unpaired) electrons. The number of H-pyrrole nitrogens is 1. The standard InChI is InChI=1S/C20H27N3O/c24-16(13-15-7-2-1-3-8-15)14-23-12-6-11-19(23)20-21-17-9-4-5-10-18(17)22-20/h1-3,7-8,16,19,24H,4-6,9-14H2,(H,21,22). The molecule has 2 heterocycles. The van der Waals surface area contributed by atoms with Crippen LogP contribution in [0.1, 0.15) is 54.5 Å². The van der Waals surface area contributed by atoms with Crippen molar-refractivity contribution in [3.05, 3.63) is 53.1 Å². The van der Waals surface area contributed by atoms with Crippen molar-refractivity contribution < 1.29 is 5.11 Å². The maximum Gasteiger partial charge on any atom is 0.124 e. The van der Waals surface area contributed by atoms with Crippen LogP contribution in [0.5, 0.6) is 0 Å². The van der Waals surface area contributed by atoms with Gasteiger partial charge in [-0.1, -0.05) is 30.3 Å². The van der Waals surface area contributed by atoms with E-state index >= 15 is 0 Å². The number of β-amino-alcohol motifs (C(OH)–C–C–N with tert-alkyl or cyclic N) is 1. The Bertz CT molecular complexity index is 643. The van der Waals surface area contributed by atoms with Crippen molar-refractivity contribution in [2.75, 3.05) is 13.1 Å². The number of hydrogen-bond donors (Lipinski definition) is 2. The lowest BCUT2D eigenvalue weighted by molar-refractivity contribution is 0.104. The molecule has 1 aromatic heterocycles. The van der Waals surface area contributed by atoms with Crippen LogP contribution in [0.3, 0.4) is 0 Å². The van der Waals surface area contributed by atoms with Crippen LogP contribution in [0.25, 0.3) is 0 Å². The molecule has 1 aromatic carbocycles. The zero-order valence-corrected chi connectivity index (χ0v) is 14.2. The third-order valence-electron chi connectivity index (χ3n) is 5.41. The van der Waals surface area contributed by atoms with Crippen molar-refractivity contribution in [3.63, 3.8) is 0 Å². The highest BCUT2D eigenvalue weighted by Gasteiger charge is 2.30. The number of aromatic amines is 1. The Hall–Kier alpha value is -1.65. The molecule has 2 atom stereocenters. The molecule has 0 spiro atoms. The zero-order chi connectivity index (χ0) is 16.4. The molecule has 4 rings (SSSR count). The fraction of sp³-hybridized carbons (Fsp3) is 0.550. The minimum atomic E-state index is -0.322. The fourth-order valence-electron chi connectivity index (χ4n) is 4.21. The Labute approximate surface area is 143 Å². The summed E-state index contributed by atoms with van der Waals surface area (Å²) in [6.45, 7) is 1.78. The van der Waals surface area contributed by atoms with E-state index in [1.807, 2.05) is 18.2 Å². The first-order valence-electron chi connectivity index (χ1n) is 9.33. The first-order chi connectivity index (χ1) is 11.8. The van der Waals surface area contributed by atoms with Crippen molar-refractivity contribution in [1.29, 1.82) is 0 Å². The van der Waals surface area contributed by atoms with Crippen molar-refractivity contribution in [2.24, 2.45) is 0 Å². The maximum absolute atomic E-state index is 10.5. The Morgan fingerprint density at radius 1 is 1.17 bits per heavy atom. The van der Waals surface area contributed by atoms with Crippen LogP contribution < -0.4 is 0 Å². The SMILES string of the molecule is OC(Cc1ccccc1)CN1CCCC1c1nc2c([nH]1)CCCC2. The molecule has 2 N–H and O–H groups in total. The summed E-state index contributed by atoms with van der Waals surface area (Å²) < 4.78 is 0. The predicted octanol–water partition coefficient (Wildman–Crippen LogP) is 3.03. The zero-order valence-electron chi connectivity index (χ0n) is 14.2. The number of imidazole rings is 1. The Morgan fingerprint density at radius 3 is 2.83 bits per heavy atom. The van der Waals surface area contributed by atoms with Crippen LogP contribution in [0.15, 0.2) is 30.3 Å². The van der Waals surface area contributed by atoms with Crippen LogP contribution in [-0.2, 0) is 19.3 Å². The summed E-state index contributed by atoms with van der Waals surface area (Å²) in [6, 6.07) is 10.6. The summed E-state index contributed by atoms with van der Waals surface area (Å²) in [5.74, 6) is 1.13. The average Bonchev–Trinajstić information content (AvgIpc) is 3.21. The summed E-state index contributed by atoms with van der Waals surface area (Å²) in [7, 11) is 0. The lowest BCUT2D eigenvalue weighted by atomic mass is 10.0. The maximum atomic E-state index is 10.5. The number of fused-ring (bicyclic) bond motifs is 1. The number of nitrogens with zero attached hydrogens (tertiary/aromatic N) is 2. The minimum Gasteiger partial charge on any atom is -0.391 e. The molecule has 2 unspecified atom stereocenters. The number of rotatable bonds is 5. The molecule has 1 saturated heterocycles. The minimum absolute atomic E-state index is 0.322. The number of aromatic nitrogens is 2. The number of benzene rings is 1. The van der Waals surface area contributed by atoms with Gasteiger partial charge in [0.15, 0.2) is 0 Å². The molecule has 4 heteroatoms. The van der Waals surface area contributed by atoms with E-state index in [-0.39, 0.29) is 6.10 Å². The molecule has 1 aliphatic heterocycles. The molecule has 1 aliphatic carbocycles. The highest BCUT2D eigenvalue weighted by atomic mass is 16.3. The van der Waals surface area contributed by atoms with E-state index in [2.05, 4.69) is 22.0 Å². The van der Waals surface area contributed by atoms with Gasteiger partial charge in [-0.15, -0.1) is 0 Å². The van der Waals surface area contributed by atoms with Crippen LogP contribution in [0.4, 0.5) is 0 Å². The molecule has 1 fully saturated rings. The first kappa shape index (κ1) is 15.9. The number of aliphatic hydroxyl groups is 1. The van der Waals surface area contributed by atoms with E-state index in [4.69, 9.17) is 4.98 Å². The lowest BCUT2D eigenvalue weighted by Gasteiger charge is -2.25. The molecule has 0 bridgehead atoms. The molecule has 0 saturated carbocycles. The van der Waals surface area contributed by atoms with Crippen LogP contribution in [0.2, 0.25) is 0 Å².